The zero-order valence-electron chi connectivity index (χ0n) is 20.7. The van der Waals surface area contributed by atoms with Crippen LogP contribution in [-0.2, 0) is 40.5 Å². The third-order valence-electron chi connectivity index (χ3n) is 6.89. The summed E-state index contributed by atoms with van der Waals surface area (Å²) in [6, 6.07) is 13.7. The molecule has 4 rings (SSSR count). The number of amides is 3. The molecule has 2 aromatic carbocycles. The molecule has 1 saturated carbocycles. The highest BCUT2D eigenvalue weighted by atomic mass is 35.5. The average Bonchev–Trinajstić information content (AvgIpc) is 3.66. The second-order valence-electron chi connectivity index (χ2n) is 9.60. The summed E-state index contributed by atoms with van der Waals surface area (Å²) in [5.41, 5.74) is 1.35. The second-order valence-corrected chi connectivity index (χ2v) is 12.4. The van der Waals surface area contributed by atoms with Crippen LogP contribution in [0, 0.1) is 5.92 Å². The van der Waals surface area contributed by atoms with Crippen molar-refractivity contribution in [3.63, 3.8) is 0 Å². The molecule has 2 aliphatic rings. The van der Waals surface area contributed by atoms with Crippen LogP contribution in [0.25, 0.3) is 0 Å². The Morgan fingerprint density at radius 1 is 1.08 bits per heavy atom. The summed E-state index contributed by atoms with van der Waals surface area (Å²) in [5, 5.41) is 0.721. The Hall–Kier alpha value is -2.95. The van der Waals surface area contributed by atoms with Crippen LogP contribution in [0.4, 0.5) is 0 Å². The summed E-state index contributed by atoms with van der Waals surface area (Å²) in [6.07, 6.45) is 0.842. The van der Waals surface area contributed by atoms with E-state index < -0.39 is 44.2 Å². The highest BCUT2D eigenvalue weighted by molar-refractivity contribution is 7.91. The van der Waals surface area contributed by atoms with Crippen molar-refractivity contribution in [3.05, 3.63) is 69.7 Å². The zero-order valence-corrected chi connectivity index (χ0v) is 23.0. The summed E-state index contributed by atoms with van der Waals surface area (Å²) >= 11 is 11.9. The lowest BCUT2D eigenvalue weighted by atomic mass is 10.1. The van der Waals surface area contributed by atoms with Gasteiger partial charge >= 0.3 is 0 Å². The molecule has 1 heterocycles. The number of sulfonamides is 1. The van der Waals surface area contributed by atoms with Crippen molar-refractivity contribution in [2.75, 3.05) is 20.1 Å². The molecule has 9 nitrogen and oxygen atoms in total. The molecule has 1 aliphatic carbocycles. The minimum Gasteiger partial charge on any atom is -0.341 e. The number of benzene rings is 2. The minimum absolute atomic E-state index is 0.0438. The van der Waals surface area contributed by atoms with Crippen molar-refractivity contribution in [2.24, 2.45) is 5.92 Å². The summed E-state index contributed by atoms with van der Waals surface area (Å²) in [7, 11) is -2.40. The van der Waals surface area contributed by atoms with E-state index in [1.165, 1.54) is 16.8 Å². The maximum Gasteiger partial charge on any atom is 0.290 e. The zero-order chi connectivity index (χ0) is 27.7. The summed E-state index contributed by atoms with van der Waals surface area (Å²) in [6.45, 7) is 0.119. The van der Waals surface area contributed by atoms with Gasteiger partial charge in [0.05, 0.1) is 10.0 Å². The first-order chi connectivity index (χ1) is 17.9. The van der Waals surface area contributed by atoms with Gasteiger partial charge in [0, 0.05) is 33.1 Å². The fraction of sp³-hybridized carbons (Fsp3) is 0.385. The molecule has 202 valence electrons. The molecule has 38 heavy (non-hydrogen) atoms. The van der Waals surface area contributed by atoms with Crippen molar-refractivity contribution in [3.8, 4) is 0 Å². The standard InChI is InChI=1S/C26H27Cl2N3O6S/c1-30(15-17-9-10-20(27)21(28)14-17)24(34)19-16-31(25(35)23(19)33)13-5-8-22(32)29-38(36,37)26(11-12-26)18-6-3-2-4-7-18/h2-4,6-7,9-10,14,19H,5,8,11-13,15-16H2,1H3,(H,29,32). The number of rotatable bonds is 10. The Bertz CT molecular complexity index is 1380. The molecule has 0 aromatic heterocycles. The van der Waals surface area contributed by atoms with Crippen molar-refractivity contribution < 1.29 is 27.6 Å². The first-order valence-corrected chi connectivity index (χ1v) is 14.3. The van der Waals surface area contributed by atoms with Gasteiger partial charge in [-0.3, -0.25) is 23.9 Å². The smallest absolute Gasteiger partial charge is 0.290 e. The normalized spacial score (nSPS) is 18.4. The summed E-state index contributed by atoms with van der Waals surface area (Å²) in [4.78, 5) is 52.9. The Morgan fingerprint density at radius 2 is 1.76 bits per heavy atom. The largest absolute Gasteiger partial charge is 0.341 e. The van der Waals surface area contributed by atoms with Crippen molar-refractivity contribution >= 4 is 56.7 Å². The van der Waals surface area contributed by atoms with Gasteiger partial charge in [0.1, 0.15) is 10.7 Å². The number of nitrogens with one attached hydrogen (secondary N) is 1. The van der Waals surface area contributed by atoms with Crippen LogP contribution in [0.15, 0.2) is 48.5 Å². The van der Waals surface area contributed by atoms with E-state index in [4.69, 9.17) is 23.2 Å². The molecular formula is C26H27Cl2N3O6S. The van der Waals surface area contributed by atoms with E-state index in [9.17, 15) is 27.6 Å². The Balaban J connectivity index is 1.28. The minimum atomic E-state index is -3.93. The first-order valence-electron chi connectivity index (χ1n) is 12.1. The van der Waals surface area contributed by atoms with Gasteiger partial charge in [0.2, 0.25) is 27.6 Å². The molecule has 0 bridgehead atoms. The fourth-order valence-electron chi connectivity index (χ4n) is 4.63. The first kappa shape index (κ1) is 28.1. The molecule has 1 unspecified atom stereocenters. The lowest BCUT2D eigenvalue weighted by Crippen LogP contribution is -2.39. The lowest BCUT2D eigenvalue weighted by molar-refractivity contribution is -0.144. The van der Waals surface area contributed by atoms with Crippen LogP contribution in [0.1, 0.15) is 36.8 Å². The molecule has 0 spiro atoms. The number of carbonyl (C=O) groups is 4. The Morgan fingerprint density at radius 3 is 2.39 bits per heavy atom. The molecule has 12 heteroatoms. The molecule has 2 fully saturated rings. The highest BCUT2D eigenvalue weighted by Gasteiger charge is 2.56. The van der Waals surface area contributed by atoms with Crippen LogP contribution in [-0.4, -0.2) is 61.9 Å². The van der Waals surface area contributed by atoms with Crippen molar-refractivity contribution in [1.82, 2.24) is 14.5 Å². The third-order valence-corrected chi connectivity index (χ3v) is 9.80. The number of carbonyl (C=O) groups excluding carboxylic acids is 4. The Kier molecular flexibility index (Phi) is 8.15. The monoisotopic (exact) mass is 579 g/mol. The molecule has 1 aliphatic heterocycles. The number of ketones is 1. The topological polar surface area (TPSA) is 121 Å². The maximum absolute atomic E-state index is 12.9. The predicted octanol–water partition coefficient (Wildman–Crippen LogP) is 2.89. The van der Waals surface area contributed by atoms with Gasteiger partial charge in [0.15, 0.2) is 0 Å². The van der Waals surface area contributed by atoms with Crippen molar-refractivity contribution in [1.29, 1.82) is 0 Å². The van der Waals surface area contributed by atoms with E-state index in [-0.39, 0.29) is 32.5 Å². The molecule has 1 atom stereocenters. The quantitative estimate of drug-likeness (QED) is 0.341. The summed E-state index contributed by atoms with van der Waals surface area (Å²) < 4.78 is 26.8. The maximum atomic E-state index is 12.9. The van der Waals surface area contributed by atoms with Crippen LogP contribution < -0.4 is 4.72 Å². The molecule has 0 radical (unpaired) electrons. The van der Waals surface area contributed by atoms with Crippen molar-refractivity contribution in [2.45, 2.75) is 37.0 Å². The van der Waals surface area contributed by atoms with Crippen LogP contribution >= 0.6 is 23.2 Å². The van der Waals surface area contributed by atoms with Gasteiger partial charge in [-0.1, -0.05) is 59.6 Å². The van der Waals surface area contributed by atoms with Crippen LogP contribution in [0.2, 0.25) is 10.0 Å². The number of halogens is 2. The molecule has 3 amide bonds. The van der Waals surface area contributed by atoms with E-state index in [0.29, 0.717) is 34.0 Å². The van der Waals surface area contributed by atoms with Gasteiger partial charge in [-0.05, 0) is 42.5 Å². The lowest BCUT2D eigenvalue weighted by Gasteiger charge is -2.21. The molecule has 1 N–H and O–H groups in total. The van der Waals surface area contributed by atoms with Gasteiger partial charge in [-0.25, -0.2) is 8.42 Å². The molecule has 1 saturated heterocycles. The second kappa shape index (κ2) is 11.0. The van der Waals surface area contributed by atoms with E-state index in [2.05, 4.69) is 4.72 Å². The fourth-order valence-corrected chi connectivity index (χ4v) is 6.63. The van der Waals surface area contributed by atoms with E-state index >= 15 is 0 Å². The van der Waals surface area contributed by atoms with Crippen LogP contribution in [0.5, 0.6) is 0 Å². The molecule has 2 aromatic rings. The average molecular weight is 580 g/mol. The van der Waals surface area contributed by atoms with E-state index in [0.717, 1.165) is 0 Å². The Labute approximate surface area is 231 Å². The van der Waals surface area contributed by atoms with Gasteiger partial charge in [-0.15, -0.1) is 0 Å². The highest BCUT2D eigenvalue weighted by Crippen LogP contribution is 2.52. The number of nitrogens with zero attached hydrogens (tertiary/aromatic N) is 2. The number of hydrogen-bond donors (Lipinski definition) is 1. The van der Waals surface area contributed by atoms with E-state index in [1.54, 1.807) is 48.5 Å². The predicted molar refractivity (Wildman–Crippen MR) is 142 cm³/mol. The number of likely N-dealkylation sites (tertiary alicyclic amines) is 1. The SMILES string of the molecule is CN(Cc1ccc(Cl)c(Cl)c1)C(=O)C1CN(CCCC(=O)NS(=O)(=O)C2(c3ccccc3)CC2)C(=O)C1=O. The van der Waals surface area contributed by atoms with Gasteiger partial charge in [0.25, 0.3) is 5.91 Å². The summed E-state index contributed by atoms with van der Waals surface area (Å²) in [5.74, 6) is -3.93. The number of Topliss-reactive ketones (excluding diaryl/α,β-unsaturated/α-hetero) is 1. The van der Waals surface area contributed by atoms with E-state index in [1.807, 2.05) is 0 Å². The van der Waals surface area contributed by atoms with Gasteiger partial charge in [-0.2, -0.15) is 0 Å². The third kappa shape index (κ3) is 5.72. The van der Waals surface area contributed by atoms with Gasteiger partial charge < -0.3 is 9.80 Å². The van der Waals surface area contributed by atoms with Crippen LogP contribution in [0.3, 0.4) is 0 Å². The molecular weight excluding hydrogens is 553 g/mol. The number of hydrogen-bond acceptors (Lipinski definition) is 6.